The Morgan fingerprint density at radius 3 is 3.00 bits per heavy atom. The molecule has 48 valence electrons. The van der Waals surface area contributed by atoms with Crippen LogP contribution >= 0.6 is 11.8 Å². The summed E-state index contributed by atoms with van der Waals surface area (Å²) in [5, 5.41) is 0. The lowest BCUT2D eigenvalue weighted by Gasteiger charge is -1.87. The van der Waals surface area contributed by atoms with Crippen molar-refractivity contribution in [3.8, 4) is 0 Å². The van der Waals surface area contributed by atoms with Gasteiger partial charge in [0, 0.05) is 11.8 Å². The first-order chi connectivity index (χ1) is 4.34. The lowest BCUT2D eigenvalue weighted by Crippen LogP contribution is -2.10. The van der Waals surface area contributed by atoms with Crippen LogP contribution in [0.4, 0.5) is 0 Å². The van der Waals surface area contributed by atoms with Crippen molar-refractivity contribution in [2.45, 2.75) is 0 Å². The van der Waals surface area contributed by atoms with E-state index in [0.717, 1.165) is 0 Å². The first-order valence-corrected chi connectivity index (χ1v) is 2.67. The van der Waals surface area contributed by atoms with Gasteiger partial charge in [0.25, 0.3) is 0 Å². The van der Waals surface area contributed by atoms with E-state index >= 15 is 0 Å². The number of carbonyl (C=O) groups excluding carboxylic acids is 1. The maximum atomic E-state index is 10.5. The third-order valence-electron chi connectivity index (χ3n) is 0.831. The van der Waals surface area contributed by atoms with Crippen molar-refractivity contribution >= 4 is 17.7 Å². The highest BCUT2D eigenvalue weighted by Gasteiger charge is 2.04. The second kappa shape index (κ2) is 2.55. The highest BCUT2D eigenvalue weighted by molar-refractivity contribution is 6.23. The van der Waals surface area contributed by atoms with Gasteiger partial charge in [0.05, 0.1) is 6.26 Å². The number of furan rings is 1. The summed E-state index contributed by atoms with van der Waals surface area (Å²) in [7, 11) is 0. The molecule has 0 saturated heterocycles. The Morgan fingerprint density at radius 1 is 1.78 bits per heavy atom. The molecular weight excluding hydrogens is 142 g/mol. The van der Waals surface area contributed by atoms with E-state index in [0.29, 0.717) is 0 Å². The van der Waals surface area contributed by atoms with Gasteiger partial charge in [-0.05, 0) is 12.1 Å². The van der Waals surface area contributed by atoms with Crippen LogP contribution in [-0.2, 0) is 0 Å². The minimum atomic E-state index is -0.429. The van der Waals surface area contributed by atoms with E-state index in [4.69, 9.17) is 11.8 Å². The first kappa shape index (κ1) is 6.16. The van der Waals surface area contributed by atoms with Gasteiger partial charge in [-0.25, -0.2) is 0 Å². The molecule has 3 nitrogen and oxygen atoms in total. The number of hydrogen-bond acceptors (Lipinski definition) is 2. The Morgan fingerprint density at radius 2 is 2.56 bits per heavy atom. The maximum Gasteiger partial charge on any atom is 0.301 e. The summed E-state index contributed by atoms with van der Waals surface area (Å²) >= 11 is 4.98. The Hall–Kier alpha value is -0.960. The zero-order valence-corrected chi connectivity index (χ0v) is 5.18. The summed E-state index contributed by atoms with van der Waals surface area (Å²) in [6, 6.07) is 3.14. The second-order valence-electron chi connectivity index (χ2n) is 1.40. The van der Waals surface area contributed by atoms with Crippen molar-refractivity contribution in [1.29, 1.82) is 0 Å². The van der Waals surface area contributed by atoms with E-state index < -0.39 is 5.91 Å². The van der Waals surface area contributed by atoms with Crippen LogP contribution in [0.1, 0.15) is 10.6 Å². The standard InChI is InChI=1S/C5H4ClNO2/c6-7-5(8)4-2-1-3-9-4/h1-3H,(H,7,8). The van der Waals surface area contributed by atoms with Crippen molar-refractivity contribution in [2.75, 3.05) is 0 Å². The van der Waals surface area contributed by atoms with Gasteiger partial charge in [0.15, 0.2) is 5.76 Å². The summed E-state index contributed by atoms with van der Waals surface area (Å²) in [6.45, 7) is 0. The largest absolute Gasteiger partial charge is 0.459 e. The van der Waals surface area contributed by atoms with Crippen LogP contribution in [-0.4, -0.2) is 5.91 Å². The van der Waals surface area contributed by atoms with E-state index in [1.165, 1.54) is 12.3 Å². The average Bonchev–Trinajstić information content (AvgIpc) is 2.37. The fourth-order valence-corrected chi connectivity index (χ4v) is 0.547. The van der Waals surface area contributed by atoms with E-state index in [2.05, 4.69) is 4.42 Å². The maximum absolute atomic E-state index is 10.5. The van der Waals surface area contributed by atoms with Crippen LogP contribution in [0.25, 0.3) is 0 Å². The molecule has 4 heteroatoms. The van der Waals surface area contributed by atoms with Gasteiger partial charge in [-0.1, -0.05) is 0 Å². The molecule has 1 heterocycles. The summed E-state index contributed by atoms with van der Waals surface area (Å²) in [5.74, 6) is -0.216. The molecule has 0 aromatic carbocycles. The molecule has 1 rings (SSSR count). The summed E-state index contributed by atoms with van der Waals surface area (Å²) in [6.07, 6.45) is 1.40. The Bertz CT molecular complexity index is 195. The quantitative estimate of drug-likeness (QED) is 0.603. The molecule has 0 aliphatic carbocycles. The smallest absolute Gasteiger partial charge is 0.301 e. The molecular formula is C5H4ClNO2. The highest BCUT2D eigenvalue weighted by atomic mass is 35.5. The van der Waals surface area contributed by atoms with Crippen LogP contribution < -0.4 is 4.84 Å². The predicted octanol–water partition coefficient (Wildman–Crippen LogP) is 1.16. The van der Waals surface area contributed by atoms with E-state index in [1.807, 2.05) is 4.84 Å². The molecule has 9 heavy (non-hydrogen) atoms. The number of halogens is 1. The van der Waals surface area contributed by atoms with Crippen molar-refractivity contribution in [3.63, 3.8) is 0 Å². The Kier molecular flexibility index (Phi) is 1.75. The minimum absolute atomic E-state index is 0.213. The molecule has 0 aliphatic heterocycles. The molecule has 0 saturated carbocycles. The van der Waals surface area contributed by atoms with Crippen molar-refractivity contribution < 1.29 is 9.21 Å². The Balaban J connectivity index is 2.77. The zero-order valence-electron chi connectivity index (χ0n) is 4.43. The van der Waals surface area contributed by atoms with Crippen molar-refractivity contribution in [1.82, 2.24) is 4.84 Å². The third-order valence-corrected chi connectivity index (χ3v) is 1.00. The van der Waals surface area contributed by atoms with E-state index in [9.17, 15) is 4.79 Å². The average molecular weight is 146 g/mol. The second-order valence-corrected chi connectivity index (χ2v) is 1.59. The van der Waals surface area contributed by atoms with Crippen LogP contribution in [0.3, 0.4) is 0 Å². The molecule has 0 unspecified atom stereocenters. The molecule has 0 fully saturated rings. The lowest BCUT2D eigenvalue weighted by atomic mass is 10.4. The molecule has 0 bridgehead atoms. The first-order valence-electron chi connectivity index (χ1n) is 2.29. The van der Waals surface area contributed by atoms with Crippen LogP contribution in [0, 0.1) is 0 Å². The summed E-state index contributed by atoms with van der Waals surface area (Å²) in [5.41, 5.74) is 0. The SMILES string of the molecule is O=C(NCl)c1ccco1. The minimum Gasteiger partial charge on any atom is -0.459 e. The zero-order chi connectivity index (χ0) is 6.69. The van der Waals surface area contributed by atoms with E-state index in [1.54, 1.807) is 6.07 Å². The van der Waals surface area contributed by atoms with E-state index in [-0.39, 0.29) is 5.76 Å². The van der Waals surface area contributed by atoms with Crippen molar-refractivity contribution in [2.24, 2.45) is 0 Å². The molecule has 0 spiro atoms. The number of carbonyl (C=O) groups is 1. The summed E-state index contributed by atoms with van der Waals surface area (Å²) in [4.78, 5) is 12.4. The fourth-order valence-electron chi connectivity index (χ4n) is 0.454. The Labute approximate surface area is 56.7 Å². The molecule has 1 aromatic heterocycles. The van der Waals surface area contributed by atoms with Gasteiger partial charge in [-0.3, -0.25) is 9.63 Å². The molecule has 1 amide bonds. The number of hydrogen-bond donors (Lipinski definition) is 1. The molecule has 0 atom stereocenters. The van der Waals surface area contributed by atoms with Crippen LogP contribution in [0.5, 0.6) is 0 Å². The van der Waals surface area contributed by atoms with Gasteiger partial charge in [0.2, 0.25) is 0 Å². The normalized spacial score (nSPS) is 9.00. The van der Waals surface area contributed by atoms with Gasteiger partial charge in [-0.2, -0.15) is 0 Å². The highest BCUT2D eigenvalue weighted by Crippen LogP contribution is 1.98. The van der Waals surface area contributed by atoms with Gasteiger partial charge >= 0.3 is 5.91 Å². The molecule has 0 radical (unpaired) electrons. The molecule has 1 N–H and O–H groups in total. The lowest BCUT2D eigenvalue weighted by molar-refractivity contribution is 0.0955. The van der Waals surface area contributed by atoms with Gasteiger partial charge in [-0.15, -0.1) is 0 Å². The number of rotatable bonds is 1. The van der Waals surface area contributed by atoms with Gasteiger partial charge in [0.1, 0.15) is 0 Å². The third kappa shape index (κ3) is 1.23. The topological polar surface area (TPSA) is 42.2 Å². The molecule has 1 aromatic rings. The van der Waals surface area contributed by atoms with Crippen LogP contribution in [0.15, 0.2) is 22.8 Å². The number of amides is 1. The van der Waals surface area contributed by atoms with Crippen LogP contribution in [0.2, 0.25) is 0 Å². The number of nitrogens with one attached hydrogen (secondary N) is 1. The predicted molar refractivity (Wildman–Crippen MR) is 32.0 cm³/mol. The molecule has 0 aliphatic rings. The fraction of sp³-hybridized carbons (Fsp3) is 0. The van der Waals surface area contributed by atoms with Crippen molar-refractivity contribution in [3.05, 3.63) is 24.2 Å². The summed E-state index contributed by atoms with van der Waals surface area (Å²) < 4.78 is 4.69. The monoisotopic (exact) mass is 145 g/mol. The van der Waals surface area contributed by atoms with Gasteiger partial charge < -0.3 is 4.42 Å².